The van der Waals surface area contributed by atoms with E-state index in [9.17, 15) is 4.79 Å². The van der Waals surface area contributed by atoms with E-state index >= 15 is 0 Å². The first-order chi connectivity index (χ1) is 13.1. The number of rotatable bonds is 4. The maximum Gasteiger partial charge on any atom is 0.272 e. The van der Waals surface area contributed by atoms with Crippen molar-refractivity contribution in [2.45, 2.75) is 32.1 Å². The molecule has 2 fully saturated rings. The van der Waals surface area contributed by atoms with Crippen molar-refractivity contribution in [1.29, 1.82) is 0 Å². The highest BCUT2D eigenvalue weighted by Crippen LogP contribution is 2.31. The molecule has 1 aromatic carbocycles. The van der Waals surface area contributed by atoms with Crippen LogP contribution in [0.25, 0.3) is 0 Å². The molecule has 27 heavy (non-hydrogen) atoms. The number of carbonyl (C=O) groups is 1. The summed E-state index contributed by atoms with van der Waals surface area (Å²) in [5.74, 6) is -0.499. The lowest BCUT2D eigenvalue weighted by Gasteiger charge is -2.37. The SMILES string of the molecule is Cc1ccc(CNc2ccc(C(=O)N3CCC4(CC3)OCCO4)nc2)cc1. The molecule has 0 atom stereocenters. The summed E-state index contributed by atoms with van der Waals surface area (Å²) in [7, 11) is 0. The molecular formula is C21H25N3O3. The van der Waals surface area contributed by atoms with Crippen LogP contribution in [0.3, 0.4) is 0 Å². The maximum atomic E-state index is 12.7. The number of nitrogens with one attached hydrogen (secondary N) is 1. The third-order valence-corrected chi connectivity index (χ3v) is 5.23. The fraction of sp³-hybridized carbons (Fsp3) is 0.429. The van der Waals surface area contributed by atoms with E-state index < -0.39 is 5.79 Å². The highest BCUT2D eigenvalue weighted by atomic mass is 16.7. The Balaban J connectivity index is 1.31. The lowest BCUT2D eigenvalue weighted by atomic mass is 10.0. The van der Waals surface area contributed by atoms with Crippen LogP contribution in [-0.4, -0.2) is 47.9 Å². The van der Waals surface area contributed by atoms with E-state index in [0.717, 1.165) is 25.1 Å². The van der Waals surface area contributed by atoms with Gasteiger partial charge in [-0.25, -0.2) is 4.98 Å². The highest BCUT2D eigenvalue weighted by Gasteiger charge is 2.40. The van der Waals surface area contributed by atoms with Gasteiger partial charge in [0.05, 0.1) is 25.1 Å². The zero-order valence-corrected chi connectivity index (χ0v) is 15.6. The van der Waals surface area contributed by atoms with Crippen molar-refractivity contribution in [3.8, 4) is 0 Å². The van der Waals surface area contributed by atoms with Gasteiger partial charge < -0.3 is 19.7 Å². The van der Waals surface area contributed by atoms with Crippen LogP contribution in [0.5, 0.6) is 0 Å². The minimum Gasteiger partial charge on any atom is -0.380 e. The van der Waals surface area contributed by atoms with Gasteiger partial charge in [0.15, 0.2) is 5.79 Å². The highest BCUT2D eigenvalue weighted by molar-refractivity contribution is 5.92. The van der Waals surface area contributed by atoms with Crippen molar-refractivity contribution in [2.24, 2.45) is 0 Å². The fourth-order valence-electron chi connectivity index (χ4n) is 3.53. The average Bonchev–Trinajstić information content (AvgIpc) is 3.16. The molecule has 1 spiro atoms. The first-order valence-corrected chi connectivity index (χ1v) is 9.46. The van der Waals surface area contributed by atoms with Crippen molar-refractivity contribution in [1.82, 2.24) is 9.88 Å². The number of likely N-dealkylation sites (tertiary alicyclic amines) is 1. The second kappa shape index (κ2) is 7.66. The van der Waals surface area contributed by atoms with Crippen LogP contribution in [-0.2, 0) is 16.0 Å². The smallest absolute Gasteiger partial charge is 0.272 e. The number of ether oxygens (including phenoxy) is 2. The predicted octanol–water partition coefficient (Wildman–Crippen LogP) is 2.98. The summed E-state index contributed by atoms with van der Waals surface area (Å²) in [6, 6.07) is 12.1. The van der Waals surface area contributed by atoms with Gasteiger partial charge in [0.1, 0.15) is 5.69 Å². The van der Waals surface area contributed by atoms with Crippen molar-refractivity contribution in [3.05, 3.63) is 59.4 Å². The van der Waals surface area contributed by atoms with Crippen LogP contribution >= 0.6 is 0 Å². The number of aromatic nitrogens is 1. The first kappa shape index (κ1) is 17.9. The molecule has 0 bridgehead atoms. The van der Waals surface area contributed by atoms with Crippen molar-refractivity contribution in [3.63, 3.8) is 0 Å². The lowest BCUT2D eigenvalue weighted by molar-refractivity contribution is -0.181. The standard InChI is InChI=1S/C21H25N3O3/c1-16-2-4-17(5-3-16)14-22-18-6-7-19(23-15-18)20(25)24-10-8-21(9-11-24)26-12-13-27-21/h2-7,15,22H,8-14H2,1H3. The molecule has 1 aromatic heterocycles. The van der Waals surface area contributed by atoms with Crippen LogP contribution in [0.2, 0.25) is 0 Å². The number of piperidine rings is 1. The van der Waals surface area contributed by atoms with Gasteiger partial charge in [-0.05, 0) is 24.6 Å². The number of anilines is 1. The summed E-state index contributed by atoms with van der Waals surface area (Å²) in [5.41, 5.74) is 3.83. The predicted molar refractivity (Wildman–Crippen MR) is 103 cm³/mol. The maximum absolute atomic E-state index is 12.7. The van der Waals surface area contributed by atoms with E-state index in [4.69, 9.17) is 9.47 Å². The second-order valence-electron chi connectivity index (χ2n) is 7.17. The van der Waals surface area contributed by atoms with E-state index in [0.29, 0.717) is 32.0 Å². The van der Waals surface area contributed by atoms with E-state index in [1.54, 1.807) is 12.3 Å². The van der Waals surface area contributed by atoms with Crippen LogP contribution in [0.15, 0.2) is 42.6 Å². The van der Waals surface area contributed by atoms with Gasteiger partial charge in [-0.15, -0.1) is 0 Å². The summed E-state index contributed by atoms with van der Waals surface area (Å²) >= 11 is 0. The van der Waals surface area contributed by atoms with Gasteiger partial charge >= 0.3 is 0 Å². The number of nitrogens with zero attached hydrogens (tertiary/aromatic N) is 2. The van der Waals surface area contributed by atoms with Gasteiger partial charge in [0, 0.05) is 32.5 Å². The summed E-state index contributed by atoms with van der Waals surface area (Å²) in [4.78, 5) is 18.9. The summed E-state index contributed by atoms with van der Waals surface area (Å²) in [6.07, 6.45) is 3.15. The number of benzene rings is 1. The summed E-state index contributed by atoms with van der Waals surface area (Å²) in [6.45, 7) is 5.36. The Morgan fingerprint density at radius 3 is 2.44 bits per heavy atom. The van der Waals surface area contributed by atoms with E-state index in [-0.39, 0.29) is 5.91 Å². The Kier molecular flexibility index (Phi) is 5.09. The molecule has 1 N–H and O–H groups in total. The molecule has 1 amide bonds. The second-order valence-corrected chi connectivity index (χ2v) is 7.17. The first-order valence-electron chi connectivity index (χ1n) is 9.46. The monoisotopic (exact) mass is 367 g/mol. The molecule has 6 nitrogen and oxygen atoms in total. The molecule has 142 valence electrons. The number of aryl methyl sites for hydroxylation is 1. The van der Waals surface area contributed by atoms with Crippen LogP contribution in [0, 0.1) is 6.92 Å². The number of carbonyl (C=O) groups excluding carboxylic acids is 1. The van der Waals surface area contributed by atoms with Crippen LogP contribution in [0.4, 0.5) is 5.69 Å². The molecule has 2 aliphatic rings. The molecule has 0 aliphatic carbocycles. The molecule has 3 heterocycles. The van der Waals surface area contributed by atoms with Crippen molar-refractivity contribution >= 4 is 11.6 Å². The lowest BCUT2D eigenvalue weighted by Crippen LogP contribution is -2.47. The van der Waals surface area contributed by atoms with Crippen molar-refractivity contribution < 1.29 is 14.3 Å². The zero-order chi connectivity index (χ0) is 18.7. The fourth-order valence-corrected chi connectivity index (χ4v) is 3.53. The van der Waals surface area contributed by atoms with Crippen LogP contribution in [0.1, 0.15) is 34.5 Å². The van der Waals surface area contributed by atoms with E-state index in [1.807, 2.05) is 11.0 Å². The molecule has 4 rings (SSSR count). The normalized spacial score (nSPS) is 18.6. The summed E-state index contributed by atoms with van der Waals surface area (Å²) < 4.78 is 11.4. The Morgan fingerprint density at radius 1 is 1.11 bits per heavy atom. The van der Waals surface area contributed by atoms with Gasteiger partial charge in [0.25, 0.3) is 5.91 Å². The van der Waals surface area contributed by atoms with Gasteiger partial charge in [-0.1, -0.05) is 29.8 Å². The molecule has 6 heteroatoms. The number of pyridine rings is 1. The quantitative estimate of drug-likeness (QED) is 0.900. The van der Waals surface area contributed by atoms with Gasteiger partial charge in [-0.2, -0.15) is 0 Å². The summed E-state index contributed by atoms with van der Waals surface area (Å²) in [5, 5.41) is 3.34. The van der Waals surface area contributed by atoms with Crippen LogP contribution < -0.4 is 5.32 Å². The largest absolute Gasteiger partial charge is 0.380 e. The number of hydrogen-bond acceptors (Lipinski definition) is 5. The molecule has 0 saturated carbocycles. The molecule has 2 saturated heterocycles. The Morgan fingerprint density at radius 2 is 1.81 bits per heavy atom. The molecule has 0 radical (unpaired) electrons. The minimum atomic E-state index is -0.464. The molecule has 2 aliphatic heterocycles. The van der Waals surface area contributed by atoms with Gasteiger partial charge in [0.2, 0.25) is 0 Å². The third-order valence-electron chi connectivity index (χ3n) is 5.23. The van der Waals surface area contributed by atoms with Crippen molar-refractivity contribution in [2.75, 3.05) is 31.6 Å². The molecular weight excluding hydrogens is 342 g/mol. The van der Waals surface area contributed by atoms with E-state index in [1.165, 1.54) is 11.1 Å². The molecule has 0 unspecified atom stereocenters. The Labute approximate surface area is 159 Å². The Bertz CT molecular complexity index is 773. The number of hydrogen-bond donors (Lipinski definition) is 1. The zero-order valence-electron chi connectivity index (χ0n) is 15.6. The van der Waals surface area contributed by atoms with E-state index in [2.05, 4.69) is 41.5 Å². The molecule has 2 aromatic rings. The third kappa shape index (κ3) is 4.12. The Hall–Kier alpha value is -2.44. The minimum absolute atomic E-state index is 0.0343. The average molecular weight is 367 g/mol. The number of amides is 1. The topological polar surface area (TPSA) is 63.7 Å². The van der Waals surface area contributed by atoms with Gasteiger partial charge in [-0.3, -0.25) is 4.79 Å².